The van der Waals surface area contributed by atoms with Crippen molar-refractivity contribution in [3.8, 4) is 5.75 Å². The van der Waals surface area contributed by atoms with Gasteiger partial charge in [-0.2, -0.15) is 0 Å². The van der Waals surface area contributed by atoms with E-state index in [1.54, 1.807) is 6.07 Å². The lowest BCUT2D eigenvalue weighted by Crippen LogP contribution is -2.18. The smallest absolute Gasteiger partial charge is 0.180 e. The molecule has 0 radical (unpaired) electrons. The average Bonchev–Trinajstić information content (AvgIpc) is 2.89. The highest BCUT2D eigenvalue weighted by Gasteiger charge is 2.16. The minimum absolute atomic E-state index is 0. The van der Waals surface area contributed by atoms with Crippen LogP contribution in [0, 0.1) is 5.92 Å². The van der Waals surface area contributed by atoms with Crippen molar-refractivity contribution in [1.82, 2.24) is 5.32 Å². The minimum atomic E-state index is -0.0786. The standard InChI is InChI=1S/C13H18N2O2.ClH/c14-7-12(16)11-3-1-2-4-13(11)17-9-10-5-6-15-8-10;/h1-4,10,15H,5-9,14H2;1H. The second-order valence-electron chi connectivity index (χ2n) is 4.29. The predicted molar refractivity (Wildman–Crippen MR) is 73.5 cm³/mol. The number of carbonyl (C=O) groups excluding carboxylic acids is 1. The van der Waals surface area contributed by atoms with E-state index in [1.165, 1.54) is 0 Å². The lowest BCUT2D eigenvalue weighted by Gasteiger charge is -2.13. The third-order valence-corrected chi connectivity index (χ3v) is 3.01. The Kier molecular flexibility index (Phi) is 6.12. The summed E-state index contributed by atoms with van der Waals surface area (Å²) in [7, 11) is 0. The van der Waals surface area contributed by atoms with Crippen molar-refractivity contribution in [2.45, 2.75) is 6.42 Å². The van der Waals surface area contributed by atoms with Crippen molar-refractivity contribution >= 4 is 18.2 Å². The number of hydrogen-bond donors (Lipinski definition) is 2. The minimum Gasteiger partial charge on any atom is -0.492 e. The molecule has 1 saturated heterocycles. The first-order chi connectivity index (χ1) is 8.31. The van der Waals surface area contributed by atoms with Crippen LogP contribution in [0.5, 0.6) is 5.75 Å². The van der Waals surface area contributed by atoms with Crippen molar-refractivity contribution < 1.29 is 9.53 Å². The van der Waals surface area contributed by atoms with Crippen molar-refractivity contribution in [3.05, 3.63) is 29.8 Å². The summed E-state index contributed by atoms with van der Waals surface area (Å²) >= 11 is 0. The zero-order chi connectivity index (χ0) is 12.1. The molecule has 1 aliphatic heterocycles. The number of ether oxygens (including phenoxy) is 1. The Bertz CT molecular complexity index is 392. The Labute approximate surface area is 113 Å². The molecule has 1 unspecified atom stereocenters. The summed E-state index contributed by atoms with van der Waals surface area (Å²) in [5.74, 6) is 1.11. The van der Waals surface area contributed by atoms with E-state index in [2.05, 4.69) is 5.32 Å². The van der Waals surface area contributed by atoms with Crippen LogP contribution in [0.3, 0.4) is 0 Å². The number of benzene rings is 1. The van der Waals surface area contributed by atoms with Gasteiger partial charge in [0.25, 0.3) is 0 Å². The summed E-state index contributed by atoms with van der Waals surface area (Å²) in [6, 6.07) is 7.28. The topological polar surface area (TPSA) is 64.4 Å². The van der Waals surface area contributed by atoms with Gasteiger partial charge in [-0.3, -0.25) is 4.79 Å². The van der Waals surface area contributed by atoms with E-state index < -0.39 is 0 Å². The maximum atomic E-state index is 11.6. The summed E-state index contributed by atoms with van der Waals surface area (Å²) in [5, 5.41) is 3.29. The molecule has 1 aromatic rings. The Morgan fingerprint density at radius 3 is 2.89 bits per heavy atom. The molecular weight excluding hydrogens is 252 g/mol. The predicted octanol–water partition coefficient (Wildman–Crippen LogP) is 1.24. The molecule has 18 heavy (non-hydrogen) atoms. The summed E-state index contributed by atoms with van der Waals surface area (Å²) in [6.07, 6.45) is 1.13. The van der Waals surface area contributed by atoms with Gasteiger partial charge in [0.2, 0.25) is 0 Å². The first-order valence-electron chi connectivity index (χ1n) is 5.97. The highest BCUT2D eigenvalue weighted by atomic mass is 35.5. The second-order valence-corrected chi connectivity index (χ2v) is 4.29. The number of nitrogens with two attached hydrogens (primary N) is 1. The lowest BCUT2D eigenvalue weighted by molar-refractivity contribution is 0.0996. The van der Waals surface area contributed by atoms with E-state index >= 15 is 0 Å². The van der Waals surface area contributed by atoms with E-state index in [9.17, 15) is 4.79 Å². The highest BCUT2D eigenvalue weighted by Crippen LogP contribution is 2.20. The molecule has 0 aliphatic carbocycles. The molecule has 1 fully saturated rings. The van der Waals surface area contributed by atoms with Gasteiger partial charge in [0.05, 0.1) is 18.7 Å². The Morgan fingerprint density at radius 1 is 1.44 bits per heavy atom. The van der Waals surface area contributed by atoms with E-state index in [0.717, 1.165) is 19.5 Å². The fraction of sp³-hybridized carbons (Fsp3) is 0.462. The fourth-order valence-electron chi connectivity index (χ4n) is 2.00. The molecular formula is C13H19ClN2O2. The van der Waals surface area contributed by atoms with Crippen LogP contribution < -0.4 is 15.8 Å². The maximum absolute atomic E-state index is 11.6. The molecule has 2 rings (SSSR count). The number of nitrogens with one attached hydrogen (secondary N) is 1. The van der Waals surface area contributed by atoms with Crippen molar-refractivity contribution in [1.29, 1.82) is 0 Å². The quantitative estimate of drug-likeness (QED) is 0.790. The van der Waals surface area contributed by atoms with Crippen LogP contribution in [0.15, 0.2) is 24.3 Å². The molecule has 1 aliphatic rings. The van der Waals surface area contributed by atoms with Crippen LogP contribution in [0.25, 0.3) is 0 Å². The van der Waals surface area contributed by atoms with Gasteiger partial charge in [-0.05, 0) is 25.1 Å². The van der Waals surface area contributed by atoms with Crippen LogP contribution >= 0.6 is 12.4 Å². The van der Waals surface area contributed by atoms with Gasteiger partial charge in [0, 0.05) is 12.5 Å². The molecule has 0 aromatic heterocycles. The molecule has 1 heterocycles. The summed E-state index contributed by atoms with van der Waals surface area (Å²) in [6.45, 7) is 2.72. The fourth-order valence-corrected chi connectivity index (χ4v) is 2.00. The third-order valence-electron chi connectivity index (χ3n) is 3.01. The van der Waals surface area contributed by atoms with Crippen molar-refractivity contribution in [3.63, 3.8) is 0 Å². The summed E-state index contributed by atoms with van der Waals surface area (Å²) in [4.78, 5) is 11.6. The molecule has 0 spiro atoms. The third kappa shape index (κ3) is 3.70. The SMILES string of the molecule is Cl.NCC(=O)c1ccccc1OCC1CCNC1. The summed E-state index contributed by atoms with van der Waals surface area (Å²) < 4.78 is 5.73. The molecule has 4 nitrogen and oxygen atoms in total. The van der Waals surface area contributed by atoms with E-state index in [0.29, 0.717) is 23.8 Å². The lowest BCUT2D eigenvalue weighted by atomic mass is 10.1. The Balaban J connectivity index is 0.00000162. The van der Waals surface area contributed by atoms with E-state index in [4.69, 9.17) is 10.5 Å². The largest absolute Gasteiger partial charge is 0.492 e. The van der Waals surface area contributed by atoms with E-state index in [1.807, 2.05) is 18.2 Å². The number of carbonyl (C=O) groups is 1. The van der Waals surface area contributed by atoms with Gasteiger partial charge >= 0.3 is 0 Å². The van der Waals surface area contributed by atoms with Crippen molar-refractivity contribution in [2.24, 2.45) is 11.7 Å². The van der Waals surface area contributed by atoms with Crippen LogP contribution in [-0.4, -0.2) is 32.0 Å². The molecule has 1 atom stereocenters. The molecule has 3 N–H and O–H groups in total. The Hall–Kier alpha value is -1.10. The first kappa shape index (κ1) is 15.0. The number of hydrogen-bond acceptors (Lipinski definition) is 4. The van der Waals surface area contributed by atoms with Crippen LogP contribution in [-0.2, 0) is 0 Å². The summed E-state index contributed by atoms with van der Waals surface area (Å²) in [5.41, 5.74) is 5.96. The second kappa shape index (κ2) is 7.36. The molecule has 1 aromatic carbocycles. The maximum Gasteiger partial charge on any atom is 0.180 e. The number of ketones is 1. The van der Waals surface area contributed by atoms with Gasteiger partial charge in [0.1, 0.15) is 5.75 Å². The number of rotatable bonds is 5. The van der Waals surface area contributed by atoms with Gasteiger partial charge in [-0.1, -0.05) is 12.1 Å². The van der Waals surface area contributed by atoms with Gasteiger partial charge < -0.3 is 15.8 Å². The van der Waals surface area contributed by atoms with Gasteiger partial charge in [0.15, 0.2) is 5.78 Å². The van der Waals surface area contributed by atoms with Crippen LogP contribution in [0.1, 0.15) is 16.8 Å². The number of Topliss-reactive ketones (excluding diaryl/α,β-unsaturated/α-hetero) is 1. The molecule has 0 saturated carbocycles. The number of para-hydroxylation sites is 1. The number of halogens is 1. The molecule has 100 valence electrons. The monoisotopic (exact) mass is 270 g/mol. The van der Waals surface area contributed by atoms with Crippen molar-refractivity contribution in [2.75, 3.05) is 26.2 Å². The van der Waals surface area contributed by atoms with E-state index in [-0.39, 0.29) is 24.7 Å². The van der Waals surface area contributed by atoms with Crippen LogP contribution in [0.2, 0.25) is 0 Å². The molecule has 5 heteroatoms. The van der Waals surface area contributed by atoms with Gasteiger partial charge in [-0.25, -0.2) is 0 Å². The molecule has 0 amide bonds. The molecule has 0 bridgehead atoms. The zero-order valence-corrected chi connectivity index (χ0v) is 11.0. The highest BCUT2D eigenvalue weighted by molar-refractivity contribution is 5.99. The van der Waals surface area contributed by atoms with Gasteiger partial charge in [-0.15, -0.1) is 12.4 Å². The Morgan fingerprint density at radius 2 is 2.22 bits per heavy atom. The normalized spacial score (nSPS) is 18.2. The average molecular weight is 271 g/mol. The zero-order valence-electron chi connectivity index (χ0n) is 10.2. The first-order valence-corrected chi connectivity index (χ1v) is 5.97. The van der Waals surface area contributed by atoms with Crippen LogP contribution in [0.4, 0.5) is 0 Å².